The van der Waals surface area contributed by atoms with Crippen molar-refractivity contribution >= 4 is 12.2 Å². The first-order chi connectivity index (χ1) is 17.9. The van der Waals surface area contributed by atoms with Gasteiger partial charge >= 0.3 is 222 Å². The molecule has 4 aromatic rings. The zero-order valence-corrected chi connectivity index (χ0v) is 23.1. The van der Waals surface area contributed by atoms with Gasteiger partial charge in [-0.1, -0.05) is 0 Å². The number of para-hydroxylation sites is 2. The van der Waals surface area contributed by atoms with Crippen molar-refractivity contribution < 1.29 is 35.6 Å². The summed E-state index contributed by atoms with van der Waals surface area (Å²) in [4.78, 5) is 0. The van der Waals surface area contributed by atoms with E-state index in [0.29, 0.717) is 0 Å². The van der Waals surface area contributed by atoms with Crippen molar-refractivity contribution in [3.63, 3.8) is 0 Å². The van der Waals surface area contributed by atoms with Gasteiger partial charge in [0.2, 0.25) is 0 Å². The number of benzene rings is 4. The molecule has 37 heavy (non-hydrogen) atoms. The van der Waals surface area contributed by atoms with Crippen molar-refractivity contribution in [2.45, 2.75) is 20.1 Å². The fraction of sp³-hybridized carbons (Fsp3) is 0.125. The molecule has 0 aromatic heterocycles. The minimum absolute atomic E-state index is 0.118. The molecule has 2 unspecified atom stereocenters. The zero-order valence-electron chi connectivity index (χ0n) is 20.6. The topological polar surface area (TPSA) is 18.5 Å². The molecule has 0 saturated heterocycles. The molecule has 6 rings (SSSR count). The summed E-state index contributed by atoms with van der Waals surface area (Å²) in [6.07, 6.45) is 8.39. The van der Waals surface area contributed by atoms with Crippen LogP contribution in [0.25, 0.3) is 12.2 Å². The van der Waals surface area contributed by atoms with Crippen molar-refractivity contribution in [1.29, 1.82) is 0 Å². The first kappa shape index (κ1) is 24.1. The van der Waals surface area contributed by atoms with Gasteiger partial charge in [0.1, 0.15) is 0 Å². The summed E-state index contributed by atoms with van der Waals surface area (Å²) in [5.74, 6) is -0.711. The number of halogens is 2. The molecule has 0 amide bonds. The SMILES string of the molecule is C[C]1([Zr]([O]c2ccccc2F)([O]c2ccccc2F)[C]2(C)C=Cc3ccccc32)C=Cc2ccccc21. The fourth-order valence-corrected chi connectivity index (χ4v) is 17.4. The number of hydrogen-bond acceptors (Lipinski definition) is 2. The predicted molar refractivity (Wildman–Crippen MR) is 140 cm³/mol. The van der Waals surface area contributed by atoms with Crippen molar-refractivity contribution in [2.75, 3.05) is 0 Å². The molecule has 0 heterocycles. The molecule has 5 heteroatoms. The minimum atomic E-state index is -5.02. The van der Waals surface area contributed by atoms with E-state index in [9.17, 15) is 0 Å². The average molecular weight is 572 g/mol. The summed E-state index contributed by atoms with van der Waals surface area (Å²) in [6, 6.07) is 29.0. The Balaban J connectivity index is 1.69. The van der Waals surface area contributed by atoms with Crippen LogP contribution in [0.15, 0.2) is 109 Å². The molecule has 2 aliphatic carbocycles. The van der Waals surface area contributed by atoms with Gasteiger partial charge < -0.3 is 0 Å². The second kappa shape index (κ2) is 8.92. The van der Waals surface area contributed by atoms with Crippen molar-refractivity contribution in [3.8, 4) is 11.5 Å². The molecule has 0 bridgehead atoms. The van der Waals surface area contributed by atoms with Crippen LogP contribution in [0, 0.1) is 11.6 Å². The van der Waals surface area contributed by atoms with Crippen LogP contribution < -0.4 is 5.63 Å². The summed E-state index contributed by atoms with van der Waals surface area (Å²) >= 11 is -5.02. The number of fused-ring (bicyclic) bond motifs is 2. The van der Waals surface area contributed by atoms with Crippen LogP contribution in [0.5, 0.6) is 11.5 Å². The number of rotatable bonds is 6. The Morgan fingerprint density at radius 2 is 0.919 bits per heavy atom. The Morgan fingerprint density at radius 1 is 0.541 bits per heavy atom. The molecule has 4 aromatic carbocycles. The average Bonchev–Trinajstić information content (AvgIpc) is 3.45. The summed E-state index contributed by atoms with van der Waals surface area (Å²) in [6.45, 7) is 4.21. The quantitative estimate of drug-likeness (QED) is 0.232. The first-order valence-corrected chi connectivity index (χ1v) is 16.8. The Kier molecular flexibility index (Phi) is 5.80. The van der Waals surface area contributed by atoms with E-state index < -0.39 is 39.0 Å². The predicted octanol–water partition coefficient (Wildman–Crippen LogP) is 8.29. The standard InChI is InChI=1S/2C10H9.2C6H5FO.Zr/c2*1-8-6-7-9-4-2-3-5-10(8)9;2*7-5-3-1-2-4-6(5)8;/h2*2-7H,1H3;2*1-4,8H;/q;;;;+2/p-2. The van der Waals surface area contributed by atoms with Crippen LogP contribution in [0.2, 0.25) is 0 Å². The summed E-state index contributed by atoms with van der Waals surface area (Å²) in [5, 5.41) is 0. The monoisotopic (exact) mass is 570 g/mol. The first-order valence-electron chi connectivity index (χ1n) is 12.3. The van der Waals surface area contributed by atoms with Gasteiger partial charge in [-0.15, -0.1) is 0 Å². The maximum atomic E-state index is 15.3. The molecule has 0 fully saturated rings. The molecular weight excluding hydrogens is 546 g/mol. The molecule has 2 nitrogen and oxygen atoms in total. The Hall–Kier alpha value is -3.30. The van der Waals surface area contributed by atoms with Gasteiger partial charge in [0.15, 0.2) is 0 Å². The van der Waals surface area contributed by atoms with Crippen LogP contribution in [-0.4, -0.2) is 0 Å². The van der Waals surface area contributed by atoms with Crippen LogP contribution in [-0.2, 0) is 27.4 Å². The summed E-state index contributed by atoms with van der Waals surface area (Å²) in [7, 11) is 0. The Bertz CT molecular complexity index is 1440. The van der Waals surface area contributed by atoms with Crippen LogP contribution in [0.3, 0.4) is 0 Å². The van der Waals surface area contributed by atoms with Gasteiger partial charge in [-0.2, -0.15) is 0 Å². The molecule has 0 spiro atoms. The normalized spacial score (nSPS) is 21.5. The van der Waals surface area contributed by atoms with E-state index in [1.165, 1.54) is 12.1 Å². The fourth-order valence-electron chi connectivity index (χ4n) is 5.85. The van der Waals surface area contributed by atoms with Gasteiger partial charge in [-0.05, 0) is 0 Å². The van der Waals surface area contributed by atoms with E-state index in [1.807, 2.05) is 24.3 Å². The van der Waals surface area contributed by atoms with E-state index in [1.54, 1.807) is 36.4 Å². The van der Waals surface area contributed by atoms with Gasteiger partial charge in [0.05, 0.1) is 0 Å². The third-order valence-electron chi connectivity index (χ3n) is 7.78. The van der Waals surface area contributed by atoms with E-state index >= 15 is 8.78 Å². The van der Waals surface area contributed by atoms with Crippen molar-refractivity contribution in [3.05, 3.63) is 143 Å². The second-order valence-electron chi connectivity index (χ2n) is 9.93. The summed E-state index contributed by atoms with van der Waals surface area (Å²) in [5.41, 5.74) is 4.19. The van der Waals surface area contributed by atoms with Crippen LogP contribution in [0.4, 0.5) is 8.78 Å². The van der Waals surface area contributed by atoms with Gasteiger partial charge in [0.25, 0.3) is 0 Å². The third kappa shape index (κ3) is 3.59. The van der Waals surface area contributed by atoms with E-state index in [4.69, 9.17) is 5.63 Å². The third-order valence-corrected chi connectivity index (χ3v) is 19.1. The van der Waals surface area contributed by atoms with Crippen molar-refractivity contribution in [2.24, 2.45) is 0 Å². The maximum absolute atomic E-state index is 15.3. The Labute approximate surface area is 221 Å². The number of hydrogen-bond donors (Lipinski definition) is 0. The molecular formula is C32H26F2O2Zr. The van der Waals surface area contributed by atoms with Crippen LogP contribution in [0.1, 0.15) is 36.1 Å². The van der Waals surface area contributed by atoms with Crippen LogP contribution >= 0.6 is 0 Å². The molecule has 2 atom stereocenters. The zero-order chi connectivity index (χ0) is 25.7. The van der Waals surface area contributed by atoms with Gasteiger partial charge in [-0.25, -0.2) is 0 Å². The van der Waals surface area contributed by atoms with E-state index in [2.05, 4.69) is 62.4 Å². The summed E-state index contributed by atoms with van der Waals surface area (Å²) < 4.78 is 43.2. The molecule has 0 N–H and O–H groups in total. The molecule has 184 valence electrons. The number of allylic oxidation sites excluding steroid dienone is 2. The van der Waals surface area contributed by atoms with E-state index in [-0.39, 0.29) is 11.5 Å². The van der Waals surface area contributed by atoms with E-state index in [0.717, 1.165) is 22.3 Å². The molecule has 0 saturated carbocycles. The molecule has 0 aliphatic heterocycles. The molecule has 2 aliphatic rings. The second-order valence-corrected chi connectivity index (χ2v) is 19.1. The van der Waals surface area contributed by atoms with Gasteiger partial charge in [0, 0.05) is 0 Å². The molecule has 0 radical (unpaired) electrons. The van der Waals surface area contributed by atoms with Gasteiger partial charge in [-0.3, -0.25) is 0 Å². The van der Waals surface area contributed by atoms with Crippen molar-refractivity contribution in [1.82, 2.24) is 0 Å². The Morgan fingerprint density at radius 3 is 1.35 bits per heavy atom.